The molecule has 0 spiro atoms. The van der Waals surface area contributed by atoms with Crippen molar-refractivity contribution < 1.29 is 31.6 Å². The van der Waals surface area contributed by atoms with Crippen molar-refractivity contribution in [2.75, 3.05) is 13.1 Å². The lowest BCUT2D eigenvalue weighted by Crippen LogP contribution is -2.56. The van der Waals surface area contributed by atoms with E-state index in [1.807, 2.05) is 0 Å². The number of nitrogens with zero attached hydrogens (tertiary/aromatic N) is 3. The summed E-state index contributed by atoms with van der Waals surface area (Å²) in [5, 5.41) is 3.46. The minimum atomic E-state index is -4.87. The van der Waals surface area contributed by atoms with Gasteiger partial charge in [-0.05, 0) is 19.3 Å². The van der Waals surface area contributed by atoms with E-state index >= 15 is 0 Å². The summed E-state index contributed by atoms with van der Waals surface area (Å²) in [4.78, 5) is 42.0. The number of carbonyl (C=O) groups is 3. The number of urea groups is 1. The maximum absolute atomic E-state index is 12.4. The zero-order valence-electron chi connectivity index (χ0n) is 15.1. The number of hydrogen-bond donors (Lipinski definition) is 6. The molecule has 29 heavy (non-hydrogen) atoms. The minimum absolute atomic E-state index is 0.0464. The third-order valence-corrected chi connectivity index (χ3v) is 5.21. The second-order valence-electron chi connectivity index (χ2n) is 6.89. The molecule has 3 aliphatic heterocycles. The molecule has 2 bridgehead atoms. The van der Waals surface area contributed by atoms with E-state index in [0.29, 0.717) is 18.0 Å². The largest absolute Gasteiger partial charge is 0.418 e. The minimum Gasteiger partial charge on any atom is -0.370 e. The molecule has 4 amide bonds. The number of fused-ring (bicyclic) bond motifs is 2. The summed E-state index contributed by atoms with van der Waals surface area (Å²) >= 11 is 0. The Balaban J connectivity index is 1.52. The fourth-order valence-corrected chi connectivity index (χ4v) is 4.01. The van der Waals surface area contributed by atoms with Gasteiger partial charge in [0.2, 0.25) is 0 Å². The summed E-state index contributed by atoms with van der Waals surface area (Å²) in [6.07, 6.45) is 0.836. The first-order valence-corrected chi connectivity index (χ1v) is 10.1. The number of hydrogen-bond acceptors (Lipinski definition) is 8. The molecule has 0 aromatic rings. The predicted octanol–water partition coefficient (Wildman–Crippen LogP) is -3.86. The van der Waals surface area contributed by atoms with Gasteiger partial charge < -0.3 is 21.7 Å². The normalized spacial score (nSPS) is 28.9. The third-order valence-electron chi connectivity index (χ3n) is 4.86. The van der Waals surface area contributed by atoms with E-state index in [2.05, 4.69) is 25.4 Å². The number of rotatable bonds is 5. The van der Waals surface area contributed by atoms with E-state index < -0.39 is 46.4 Å². The van der Waals surface area contributed by atoms with Crippen LogP contribution in [0.2, 0.25) is 0 Å². The van der Waals surface area contributed by atoms with E-state index in [1.165, 1.54) is 0 Å². The van der Waals surface area contributed by atoms with Crippen molar-refractivity contribution in [3.63, 3.8) is 0 Å². The maximum Gasteiger partial charge on any atom is 0.418 e. The molecule has 8 N–H and O–H groups in total. The second-order valence-corrected chi connectivity index (χ2v) is 7.90. The molecule has 3 saturated heterocycles. The topological polar surface area (TPSA) is 222 Å². The summed E-state index contributed by atoms with van der Waals surface area (Å²) in [5.74, 6) is -1.22. The van der Waals surface area contributed by atoms with Crippen molar-refractivity contribution in [1.29, 1.82) is 0 Å². The molecular weight excluding hydrogens is 412 g/mol. The van der Waals surface area contributed by atoms with Crippen molar-refractivity contribution in [2.45, 2.75) is 43.4 Å². The van der Waals surface area contributed by atoms with Gasteiger partial charge in [0.15, 0.2) is 5.96 Å². The first kappa shape index (κ1) is 21.0. The van der Waals surface area contributed by atoms with Crippen LogP contribution < -0.4 is 27.6 Å². The summed E-state index contributed by atoms with van der Waals surface area (Å²) in [7, 11) is -4.87. The highest BCUT2D eigenvalue weighted by atomic mass is 32.3. The molecule has 0 saturated carbocycles. The molecule has 162 valence electrons. The molecule has 0 unspecified atom stereocenters. The summed E-state index contributed by atoms with van der Waals surface area (Å²) < 4.78 is 34.9. The van der Waals surface area contributed by atoms with Crippen molar-refractivity contribution in [3.8, 4) is 0 Å². The number of hydrazine groups is 1. The molecule has 0 aromatic carbocycles. The Labute approximate surface area is 165 Å². The van der Waals surface area contributed by atoms with Crippen LogP contribution >= 0.6 is 0 Å². The van der Waals surface area contributed by atoms with Crippen LogP contribution in [0.15, 0.2) is 4.99 Å². The Hall–Kier alpha value is -2.69. The highest BCUT2D eigenvalue weighted by molar-refractivity contribution is 7.80. The lowest BCUT2D eigenvalue weighted by molar-refractivity contribution is -0.132. The molecule has 3 aliphatic rings. The molecule has 0 aromatic heterocycles. The lowest BCUT2D eigenvalue weighted by Gasteiger charge is -2.29. The first-order valence-electron chi connectivity index (χ1n) is 8.74. The maximum atomic E-state index is 12.4. The average molecular weight is 434 g/mol. The molecule has 0 radical (unpaired) electrons. The van der Waals surface area contributed by atoms with Crippen molar-refractivity contribution >= 4 is 34.2 Å². The van der Waals surface area contributed by atoms with Gasteiger partial charge >= 0.3 is 16.4 Å². The average Bonchev–Trinajstić information content (AvgIpc) is 3.17. The summed E-state index contributed by atoms with van der Waals surface area (Å²) in [6, 6.07) is -3.27. The quantitative estimate of drug-likeness (QED) is 0.107. The zero-order valence-corrected chi connectivity index (χ0v) is 16.0. The van der Waals surface area contributed by atoms with Crippen LogP contribution in [-0.2, 0) is 24.3 Å². The van der Waals surface area contributed by atoms with Crippen LogP contribution in [-0.4, -0.2) is 84.0 Å². The Morgan fingerprint density at radius 1 is 1.24 bits per heavy atom. The molecule has 4 atom stereocenters. The first-order chi connectivity index (χ1) is 13.5. The Morgan fingerprint density at radius 2 is 1.93 bits per heavy atom. The van der Waals surface area contributed by atoms with Crippen molar-refractivity contribution in [3.05, 3.63) is 0 Å². The summed E-state index contributed by atoms with van der Waals surface area (Å²) in [5.41, 5.74) is 15.2. The SMILES string of the molecule is NC(N)=N[C@@H]1CN[C@H](C(=O)NNC(=O)[C@@H]2CC[C@H]3CN2C(=O)N3OS(=O)(=O)O)C1. The number of aliphatic imine (C=N–C) groups is 1. The number of hydroxylamine groups is 2. The van der Waals surface area contributed by atoms with Gasteiger partial charge in [0.1, 0.15) is 6.04 Å². The Bertz CT molecular complexity index is 829. The van der Waals surface area contributed by atoms with Gasteiger partial charge in [-0.25, -0.2) is 9.79 Å². The van der Waals surface area contributed by atoms with Crippen molar-refractivity contribution in [1.82, 2.24) is 26.1 Å². The van der Waals surface area contributed by atoms with Gasteiger partial charge in [-0.15, -0.1) is 4.28 Å². The highest BCUT2D eigenvalue weighted by Gasteiger charge is 2.49. The standard InChI is InChI=1S/C13H22N8O7S/c14-12(15)17-6-3-8(16-4-6)10(22)18-19-11(23)9-2-1-7-5-20(9)13(24)21(7)28-29(25,26)27/h6-9,16H,1-5H2,(H,18,22)(H,19,23)(H4,14,15,17)(H,25,26,27)/t6-,7-,8-,9-/m0/s1. The Morgan fingerprint density at radius 3 is 2.59 bits per heavy atom. The van der Waals surface area contributed by atoms with Crippen LogP contribution in [0.3, 0.4) is 0 Å². The van der Waals surface area contributed by atoms with E-state index in [1.54, 1.807) is 0 Å². The number of piperidine rings is 1. The van der Waals surface area contributed by atoms with E-state index in [9.17, 15) is 22.8 Å². The predicted molar refractivity (Wildman–Crippen MR) is 95.7 cm³/mol. The van der Waals surface area contributed by atoms with Crippen LogP contribution in [0, 0.1) is 0 Å². The number of amides is 4. The van der Waals surface area contributed by atoms with Gasteiger partial charge in [0.05, 0.1) is 18.1 Å². The zero-order chi connectivity index (χ0) is 21.3. The van der Waals surface area contributed by atoms with Crippen LogP contribution in [0.5, 0.6) is 0 Å². The second kappa shape index (κ2) is 7.97. The molecule has 0 aliphatic carbocycles. The van der Waals surface area contributed by atoms with Gasteiger partial charge in [0.25, 0.3) is 11.8 Å². The van der Waals surface area contributed by atoms with Crippen LogP contribution in [0.4, 0.5) is 4.79 Å². The number of nitrogens with one attached hydrogen (secondary N) is 3. The third kappa shape index (κ3) is 4.84. The molecule has 15 nitrogen and oxygen atoms in total. The fourth-order valence-electron chi connectivity index (χ4n) is 3.62. The van der Waals surface area contributed by atoms with E-state index in [0.717, 1.165) is 4.90 Å². The number of carbonyl (C=O) groups excluding carboxylic acids is 3. The molecule has 16 heteroatoms. The molecule has 3 heterocycles. The van der Waals surface area contributed by atoms with E-state index in [-0.39, 0.29) is 31.4 Å². The summed E-state index contributed by atoms with van der Waals surface area (Å²) in [6.45, 7) is 0.449. The molecule has 3 rings (SSSR count). The fraction of sp³-hybridized carbons (Fsp3) is 0.692. The monoisotopic (exact) mass is 434 g/mol. The van der Waals surface area contributed by atoms with Gasteiger partial charge in [-0.1, -0.05) is 0 Å². The molecule has 3 fully saturated rings. The van der Waals surface area contributed by atoms with Crippen LogP contribution in [0.1, 0.15) is 19.3 Å². The van der Waals surface area contributed by atoms with Gasteiger partial charge in [-0.3, -0.25) is 25.0 Å². The molecular formula is C13H22N8O7S. The number of nitrogens with two attached hydrogens (primary N) is 2. The smallest absolute Gasteiger partial charge is 0.370 e. The number of guanidine groups is 1. The van der Waals surface area contributed by atoms with Gasteiger partial charge in [-0.2, -0.15) is 13.5 Å². The Kier molecular flexibility index (Phi) is 5.78. The van der Waals surface area contributed by atoms with Crippen LogP contribution in [0.25, 0.3) is 0 Å². The highest BCUT2D eigenvalue weighted by Crippen LogP contribution is 2.30. The van der Waals surface area contributed by atoms with Gasteiger partial charge in [0, 0.05) is 13.1 Å². The lowest BCUT2D eigenvalue weighted by atomic mass is 10.0. The van der Waals surface area contributed by atoms with Crippen molar-refractivity contribution in [2.24, 2.45) is 16.5 Å². The van der Waals surface area contributed by atoms with E-state index in [4.69, 9.17) is 16.0 Å².